The van der Waals surface area contributed by atoms with Crippen molar-refractivity contribution in [1.29, 1.82) is 0 Å². The van der Waals surface area contributed by atoms with E-state index in [-0.39, 0.29) is 12.6 Å². The fraction of sp³-hybridized carbons (Fsp3) is 0.400. The lowest BCUT2D eigenvalue weighted by atomic mass is 10.4. The number of aromatic nitrogens is 2. The van der Waals surface area contributed by atoms with Gasteiger partial charge in [-0.2, -0.15) is 0 Å². The fourth-order valence-corrected chi connectivity index (χ4v) is 1.04. The van der Waals surface area contributed by atoms with Crippen LogP contribution in [0.25, 0.3) is 0 Å². The molecule has 4 nitrogen and oxygen atoms in total. The molecule has 76 valence electrons. The number of carbonyl (C=O) groups excluding carboxylic acids is 1. The molecule has 4 heteroatoms. The minimum absolute atomic E-state index is 0.212. The van der Waals surface area contributed by atoms with Gasteiger partial charge in [0.1, 0.15) is 6.61 Å². The van der Waals surface area contributed by atoms with E-state index in [2.05, 4.69) is 11.6 Å². The van der Waals surface area contributed by atoms with Gasteiger partial charge in [0.05, 0.1) is 18.4 Å². The number of aryl methyl sites for hydroxylation is 2. The van der Waals surface area contributed by atoms with Gasteiger partial charge in [0.2, 0.25) is 0 Å². The summed E-state index contributed by atoms with van der Waals surface area (Å²) in [7, 11) is 0. The molecule has 0 N–H and O–H groups in total. The van der Waals surface area contributed by atoms with Crippen LogP contribution in [0.15, 0.2) is 25.2 Å². The van der Waals surface area contributed by atoms with Gasteiger partial charge < -0.3 is 9.30 Å². The van der Waals surface area contributed by atoms with E-state index in [4.69, 9.17) is 4.74 Å². The highest BCUT2D eigenvalue weighted by Gasteiger charge is 2.02. The Morgan fingerprint density at radius 3 is 3.14 bits per heavy atom. The van der Waals surface area contributed by atoms with E-state index in [0.29, 0.717) is 13.0 Å². The maximum absolute atomic E-state index is 11.1. The smallest absolute Gasteiger partial charge is 0.307 e. The molecule has 1 heterocycles. The first-order valence-electron chi connectivity index (χ1n) is 4.47. The number of nitrogens with zero attached hydrogens (tertiary/aromatic N) is 2. The van der Waals surface area contributed by atoms with Gasteiger partial charge in [-0.15, -0.1) is 0 Å². The van der Waals surface area contributed by atoms with Gasteiger partial charge in [-0.3, -0.25) is 4.79 Å². The molecule has 0 fully saturated rings. The maximum atomic E-state index is 11.1. The summed E-state index contributed by atoms with van der Waals surface area (Å²) < 4.78 is 6.69. The van der Waals surface area contributed by atoms with Gasteiger partial charge in [0.15, 0.2) is 0 Å². The summed E-state index contributed by atoms with van der Waals surface area (Å²) in [6.45, 7) is 6.26. The Balaban J connectivity index is 2.26. The van der Waals surface area contributed by atoms with Gasteiger partial charge in [-0.25, -0.2) is 4.98 Å². The number of hydrogen-bond donors (Lipinski definition) is 0. The SMILES string of the molecule is C=CCOC(=O)CCn1cnc(C)c1. The van der Waals surface area contributed by atoms with Gasteiger partial charge in [0.25, 0.3) is 0 Å². The van der Waals surface area contributed by atoms with Crippen LogP contribution in [0.1, 0.15) is 12.1 Å². The molecule has 0 aromatic carbocycles. The second-order valence-corrected chi connectivity index (χ2v) is 2.97. The predicted octanol–water partition coefficient (Wildman–Crippen LogP) is 1.31. The highest BCUT2D eigenvalue weighted by atomic mass is 16.5. The number of imidazole rings is 1. The summed E-state index contributed by atoms with van der Waals surface area (Å²) in [6.07, 6.45) is 5.51. The summed E-state index contributed by atoms with van der Waals surface area (Å²) in [4.78, 5) is 15.1. The predicted molar refractivity (Wildman–Crippen MR) is 52.7 cm³/mol. The van der Waals surface area contributed by atoms with Crippen molar-refractivity contribution in [2.24, 2.45) is 0 Å². The number of ether oxygens (including phenoxy) is 1. The molecular weight excluding hydrogens is 180 g/mol. The van der Waals surface area contributed by atoms with Crippen molar-refractivity contribution in [2.45, 2.75) is 19.9 Å². The van der Waals surface area contributed by atoms with Crippen molar-refractivity contribution in [1.82, 2.24) is 9.55 Å². The van der Waals surface area contributed by atoms with Gasteiger partial charge in [-0.05, 0) is 6.92 Å². The van der Waals surface area contributed by atoms with E-state index in [1.165, 1.54) is 0 Å². The number of esters is 1. The number of rotatable bonds is 5. The van der Waals surface area contributed by atoms with E-state index >= 15 is 0 Å². The molecular formula is C10H14N2O2. The van der Waals surface area contributed by atoms with Gasteiger partial charge in [0, 0.05) is 12.7 Å². The van der Waals surface area contributed by atoms with Crippen molar-refractivity contribution in [2.75, 3.05) is 6.61 Å². The van der Waals surface area contributed by atoms with Gasteiger partial charge in [-0.1, -0.05) is 12.7 Å². The Morgan fingerprint density at radius 2 is 2.57 bits per heavy atom. The molecule has 0 radical (unpaired) electrons. The minimum Gasteiger partial charge on any atom is -0.461 e. The van der Waals surface area contributed by atoms with E-state index in [9.17, 15) is 4.79 Å². The summed E-state index contributed by atoms with van der Waals surface area (Å²) in [5, 5.41) is 0. The number of carbonyl (C=O) groups is 1. The average Bonchev–Trinajstić information content (AvgIpc) is 2.58. The van der Waals surface area contributed by atoms with E-state index in [1.807, 2.05) is 17.7 Å². The maximum Gasteiger partial charge on any atom is 0.307 e. The summed E-state index contributed by atoms with van der Waals surface area (Å²) >= 11 is 0. The molecule has 0 aliphatic rings. The molecule has 1 aromatic rings. The molecule has 0 atom stereocenters. The standard InChI is InChI=1S/C10H14N2O2/c1-3-6-14-10(13)4-5-12-7-9(2)11-8-12/h3,7-8H,1,4-6H2,2H3. The largest absolute Gasteiger partial charge is 0.461 e. The first-order valence-corrected chi connectivity index (χ1v) is 4.47. The zero-order valence-corrected chi connectivity index (χ0v) is 8.27. The second kappa shape index (κ2) is 5.21. The van der Waals surface area contributed by atoms with Crippen LogP contribution in [-0.2, 0) is 16.1 Å². The highest BCUT2D eigenvalue weighted by Crippen LogP contribution is 1.96. The Kier molecular flexibility index (Phi) is 3.91. The van der Waals surface area contributed by atoms with Crippen LogP contribution in [-0.4, -0.2) is 22.1 Å². The van der Waals surface area contributed by atoms with Crippen LogP contribution in [0.5, 0.6) is 0 Å². The van der Waals surface area contributed by atoms with Crippen molar-refractivity contribution >= 4 is 5.97 Å². The molecule has 0 bridgehead atoms. The average molecular weight is 194 g/mol. The third kappa shape index (κ3) is 3.43. The van der Waals surface area contributed by atoms with Crippen molar-refractivity contribution in [3.05, 3.63) is 30.9 Å². The topological polar surface area (TPSA) is 44.1 Å². The monoisotopic (exact) mass is 194 g/mol. The van der Waals surface area contributed by atoms with Crippen LogP contribution in [0.2, 0.25) is 0 Å². The molecule has 0 aliphatic carbocycles. The Bertz CT molecular complexity index is 318. The molecule has 1 rings (SSSR count). The first-order chi connectivity index (χ1) is 6.72. The molecule has 1 aromatic heterocycles. The minimum atomic E-state index is -0.212. The normalized spacial score (nSPS) is 9.79. The number of hydrogen-bond acceptors (Lipinski definition) is 3. The van der Waals surface area contributed by atoms with Crippen LogP contribution < -0.4 is 0 Å². The third-order valence-electron chi connectivity index (χ3n) is 1.70. The summed E-state index contributed by atoms with van der Waals surface area (Å²) in [6, 6.07) is 0. The van der Waals surface area contributed by atoms with Crippen molar-refractivity contribution < 1.29 is 9.53 Å². The van der Waals surface area contributed by atoms with Crippen LogP contribution >= 0.6 is 0 Å². The molecule has 0 amide bonds. The van der Waals surface area contributed by atoms with E-state index < -0.39 is 0 Å². The molecule has 0 aliphatic heterocycles. The zero-order valence-electron chi connectivity index (χ0n) is 8.27. The first kappa shape index (κ1) is 10.5. The highest BCUT2D eigenvalue weighted by molar-refractivity contribution is 5.69. The van der Waals surface area contributed by atoms with E-state index in [0.717, 1.165) is 5.69 Å². The molecule has 0 saturated carbocycles. The lowest BCUT2D eigenvalue weighted by Gasteiger charge is -2.02. The van der Waals surface area contributed by atoms with Crippen molar-refractivity contribution in [3.63, 3.8) is 0 Å². The van der Waals surface area contributed by atoms with Crippen LogP contribution in [0, 0.1) is 6.92 Å². The van der Waals surface area contributed by atoms with Gasteiger partial charge >= 0.3 is 5.97 Å². The lowest BCUT2D eigenvalue weighted by molar-refractivity contribution is -0.142. The van der Waals surface area contributed by atoms with E-state index in [1.54, 1.807) is 12.4 Å². The molecule has 0 saturated heterocycles. The van der Waals surface area contributed by atoms with Crippen LogP contribution in [0.4, 0.5) is 0 Å². The molecule has 14 heavy (non-hydrogen) atoms. The second-order valence-electron chi connectivity index (χ2n) is 2.97. The Hall–Kier alpha value is -1.58. The molecule has 0 unspecified atom stereocenters. The fourth-order valence-electron chi connectivity index (χ4n) is 1.04. The van der Waals surface area contributed by atoms with Crippen LogP contribution in [0.3, 0.4) is 0 Å². The Morgan fingerprint density at radius 1 is 1.79 bits per heavy atom. The lowest BCUT2D eigenvalue weighted by Crippen LogP contribution is -2.08. The zero-order chi connectivity index (χ0) is 10.4. The summed E-state index contributed by atoms with van der Waals surface area (Å²) in [5.41, 5.74) is 0.949. The Labute approximate surface area is 83.2 Å². The summed E-state index contributed by atoms with van der Waals surface area (Å²) in [5.74, 6) is -0.212. The quantitative estimate of drug-likeness (QED) is 0.524. The van der Waals surface area contributed by atoms with Crippen molar-refractivity contribution in [3.8, 4) is 0 Å². The third-order valence-corrected chi connectivity index (χ3v) is 1.70. The molecule has 0 spiro atoms.